The molecule has 0 aromatic carbocycles. The first kappa shape index (κ1) is 9.64. The number of ether oxygens (including phenoxy) is 1. The van der Waals surface area contributed by atoms with Gasteiger partial charge in [-0.3, -0.25) is 0 Å². The largest absolute Gasteiger partial charge is 0.381 e. The van der Waals surface area contributed by atoms with Gasteiger partial charge in [-0.15, -0.1) is 11.3 Å². The normalized spacial score (nSPS) is 13.2. The summed E-state index contributed by atoms with van der Waals surface area (Å²) in [6.45, 7) is 2.56. The molecule has 12 heavy (non-hydrogen) atoms. The number of thiazole rings is 1. The van der Waals surface area contributed by atoms with E-state index in [9.17, 15) is 0 Å². The molecule has 1 rings (SSSR count). The van der Waals surface area contributed by atoms with Crippen molar-refractivity contribution in [2.45, 2.75) is 26.0 Å². The Morgan fingerprint density at radius 3 is 3.00 bits per heavy atom. The maximum Gasteiger partial charge on any atom is 0.0954 e. The van der Waals surface area contributed by atoms with Crippen molar-refractivity contribution in [3.8, 4) is 0 Å². The van der Waals surface area contributed by atoms with Crippen molar-refractivity contribution in [3.05, 3.63) is 16.1 Å². The molecular formula is C8H14N2OS. The minimum absolute atomic E-state index is 0.238. The van der Waals surface area contributed by atoms with Crippen molar-refractivity contribution in [3.63, 3.8) is 0 Å². The first-order valence-electron chi connectivity index (χ1n) is 3.92. The zero-order valence-corrected chi connectivity index (χ0v) is 8.23. The topological polar surface area (TPSA) is 48.1 Å². The summed E-state index contributed by atoms with van der Waals surface area (Å²) in [6.07, 6.45) is 1.11. The number of hydrogen-bond donors (Lipinski definition) is 1. The molecule has 1 heterocycles. The molecule has 0 saturated heterocycles. The van der Waals surface area contributed by atoms with Crippen molar-refractivity contribution >= 4 is 11.3 Å². The second-order valence-electron chi connectivity index (χ2n) is 2.69. The third-order valence-corrected chi connectivity index (χ3v) is 2.59. The Hall–Kier alpha value is -0.450. The maximum atomic E-state index is 5.44. The quantitative estimate of drug-likeness (QED) is 0.768. The fourth-order valence-corrected chi connectivity index (χ4v) is 1.79. The van der Waals surface area contributed by atoms with Crippen molar-refractivity contribution in [2.75, 3.05) is 7.11 Å². The van der Waals surface area contributed by atoms with Crippen LogP contribution in [0.15, 0.2) is 5.38 Å². The molecule has 3 nitrogen and oxygen atoms in total. The lowest BCUT2D eigenvalue weighted by atomic mass is 10.3. The Bertz CT molecular complexity index is 237. The van der Waals surface area contributed by atoms with Crippen LogP contribution in [0.2, 0.25) is 0 Å². The number of nitrogens with two attached hydrogens (primary N) is 1. The number of aromatic nitrogens is 1. The van der Waals surface area contributed by atoms with E-state index < -0.39 is 0 Å². The second kappa shape index (κ2) is 4.54. The molecule has 4 heteroatoms. The molecule has 0 aliphatic heterocycles. The maximum absolute atomic E-state index is 5.44. The molecule has 0 aliphatic carbocycles. The fourth-order valence-electron chi connectivity index (χ4n) is 0.866. The van der Waals surface area contributed by atoms with Crippen LogP contribution < -0.4 is 5.73 Å². The molecular weight excluding hydrogens is 172 g/mol. The van der Waals surface area contributed by atoms with Crippen molar-refractivity contribution < 1.29 is 4.74 Å². The summed E-state index contributed by atoms with van der Waals surface area (Å²) in [5.41, 5.74) is 6.41. The first-order chi connectivity index (χ1) is 5.76. The Labute approximate surface area is 76.6 Å². The number of nitrogens with zero attached hydrogens (tertiary/aromatic N) is 1. The molecule has 0 saturated carbocycles. The van der Waals surface area contributed by atoms with Gasteiger partial charge in [0.25, 0.3) is 0 Å². The summed E-state index contributed by atoms with van der Waals surface area (Å²) >= 11 is 1.65. The molecule has 0 bridgehead atoms. The molecule has 1 atom stereocenters. The average molecular weight is 186 g/mol. The summed E-state index contributed by atoms with van der Waals surface area (Å²) < 4.78 is 5.13. The highest BCUT2D eigenvalue weighted by atomic mass is 32.1. The number of rotatable bonds is 4. The molecule has 0 fully saturated rings. The van der Waals surface area contributed by atoms with Gasteiger partial charge in [-0.2, -0.15) is 0 Å². The zero-order valence-electron chi connectivity index (χ0n) is 7.41. The van der Waals surface area contributed by atoms with E-state index >= 15 is 0 Å². The second-order valence-corrected chi connectivity index (χ2v) is 3.63. The van der Waals surface area contributed by atoms with Crippen LogP contribution in [0.5, 0.6) is 0 Å². The Morgan fingerprint density at radius 1 is 1.75 bits per heavy atom. The highest BCUT2D eigenvalue weighted by Crippen LogP contribution is 2.12. The summed E-state index contributed by atoms with van der Waals surface area (Å²) in [5.74, 6) is 0. The minimum Gasteiger partial charge on any atom is -0.381 e. The summed E-state index contributed by atoms with van der Waals surface area (Å²) in [5, 5.41) is 3.10. The van der Waals surface area contributed by atoms with E-state index in [-0.39, 0.29) is 6.10 Å². The lowest BCUT2D eigenvalue weighted by Crippen LogP contribution is -2.08. The van der Waals surface area contributed by atoms with Crippen LogP contribution in [0.1, 0.15) is 17.6 Å². The van der Waals surface area contributed by atoms with Crippen LogP contribution in [0.3, 0.4) is 0 Å². The highest BCUT2D eigenvalue weighted by molar-refractivity contribution is 7.09. The van der Waals surface area contributed by atoms with Crippen LogP contribution in [0.25, 0.3) is 0 Å². The standard InChI is InChI=1S/C8H14N2OS/c1-6(11-2)3-8-10-7(4-9)5-12-8/h5-6H,3-4,9H2,1-2H3. The van der Waals surface area contributed by atoms with Gasteiger partial charge in [0.15, 0.2) is 0 Å². The smallest absolute Gasteiger partial charge is 0.0954 e. The van der Waals surface area contributed by atoms with Gasteiger partial charge in [0, 0.05) is 25.5 Å². The van der Waals surface area contributed by atoms with E-state index in [1.54, 1.807) is 18.4 Å². The van der Waals surface area contributed by atoms with Gasteiger partial charge in [0.2, 0.25) is 0 Å². The van der Waals surface area contributed by atoms with Gasteiger partial charge >= 0.3 is 0 Å². The van der Waals surface area contributed by atoms with Gasteiger partial charge in [0.1, 0.15) is 0 Å². The van der Waals surface area contributed by atoms with Gasteiger partial charge in [0.05, 0.1) is 16.8 Å². The van der Waals surface area contributed by atoms with E-state index in [0.717, 1.165) is 17.1 Å². The van der Waals surface area contributed by atoms with Crippen LogP contribution in [0, 0.1) is 0 Å². The van der Waals surface area contributed by atoms with Gasteiger partial charge in [-0.25, -0.2) is 4.98 Å². The van der Waals surface area contributed by atoms with Crippen molar-refractivity contribution in [1.29, 1.82) is 0 Å². The predicted octanol–water partition coefficient (Wildman–Crippen LogP) is 1.18. The highest BCUT2D eigenvalue weighted by Gasteiger charge is 2.05. The monoisotopic (exact) mass is 186 g/mol. The third-order valence-electron chi connectivity index (χ3n) is 1.67. The molecule has 0 aliphatic rings. The number of hydrogen-bond acceptors (Lipinski definition) is 4. The van der Waals surface area contributed by atoms with Crippen LogP contribution in [-0.4, -0.2) is 18.2 Å². The van der Waals surface area contributed by atoms with E-state index in [4.69, 9.17) is 10.5 Å². The first-order valence-corrected chi connectivity index (χ1v) is 4.80. The summed E-state index contributed by atoms with van der Waals surface area (Å²) in [7, 11) is 1.71. The zero-order chi connectivity index (χ0) is 8.97. The lowest BCUT2D eigenvalue weighted by Gasteiger charge is -2.05. The lowest BCUT2D eigenvalue weighted by molar-refractivity contribution is 0.118. The number of methoxy groups -OCH3 is 1. The van der Waals surface area contributed by atoms with Crippen molar-refractivity contribution in [2.24, 2.45) is 5.73 Å². The van der Waals surface area contributed by atoms with Crippen LogP contribution >= 0.6 is 11.3 Å². The van der Waals surface area contributed by atoms with Gasteiger partial charge < -0.3 is 10.5 Å². The molecule has 1 aromatic rings. The van der Waals surface area contributed by atoms with E-state index in [2.05, 4.69) is 4.98 Å². The summed E-state index contributed by atoms with van der Waals surface area (Å²) in [6, 6.07) is 0. The van der Waals surface area contributed by atoms with Crippen LogP contribution in [0.4, 0.5) is 0 Å². The Kier molecular flexibility index (Phi) is 3.65. The van der Waals surface area contributed by atoms with E-state index in [1.165, 1.54) is 0 Å². The van der Waals surface area contributed by atoms with Gasteiger partial charge in [-0.05, 0) is 6.92 Å². The molecule has 68 valence electrons. The van der Waals surface area contributed by atoms with Gasteiger partial charge in [-0.1, -0.05) is 0 Å². The molecule has 0 spiro atoms. The fraction of sp³-hybridized carbons (Fsp3) is 0.625. The molecule has 2 N–H and O–H groups in total. The third kappa shape index (κ3) is 2.55. The molecule has 1 aromatic heterocycles. The molecule has 0 radical (unpaired) electrons. The van der Waals surface area contributed by atoms with Crippen LogP contribution in [-0.2, 0) is 17.7 Å². The minimum atomic E-state index is 0.238. The Balaban J connectivity index is 2.52. The SMILES string of the molecule is COC(C)Cc1nc(CN)cs1. The molecule has 0 amide bonds. The summed E-state index contributed by atoms with van der Waals surface area (Å²) in [4.78, 5) is 4.33. The van der Waals surface area contributed by atoms with E-state index in [0.29, 0.717) is 6.54 Å². The van der Waals surface area contributed by atoms with E-state index in [1.807, 2.05) is 12.3 Å². The Morgan fingerprint density at radius 2 is 2.50 bits per heavy atom. The molecule has 1 unspecified atom stereocenters. The average Bonchev–Trinajstić information content (AvgIpc) is 2.52. The van der Waals surface area contributed by atoms with Crippen molar-refractivity contribution in [1.82, 2.24) is 4.98 Å². The predicted molar refractivity (Wildman–Crippen MR) is 50.2 cm³/mol.